The van der Waals surface area contributed by atoms with Crippen LogP contribution < -0.4 is 5.32 Å². The molecule has 5 rings (SSSR count). The Hall–Kier alpha value is -2.21. The zero-order valence-electron chi connectivity index (χ0n) is 19.5. The Balaban J connectivity index is 1.18. The van der Waals surface area contributed by atoms with Crippen molar-refractivity contribution in [3.05, 3.63) is 46.5 Å². The standard InChI is InChI=1S/C26H37N5O/c1-19(21-13-12-20-8-4-5-9-22(20)16-21)27-25(32)18-30-14-7-10-23(17-30)26-29-28-24-11-3-2-6-15-31(24)26/h12-13,16,19,23H,2-11,14-15,17-18H2,1H3,(H,27,32). The number of fused-ring (bicyclic) bond motifs is 2. The Morgan fingerprint density at radius 3 is 2.78 bits per heavy atom. The molecule has 6 nitrogen and oxygen atoms in total. The van der Waals surface area contributed by atoms with Crippen molar-refractivity contribution in [1.82, 2.24) is 25.0 Å². The van der Waals surface area contributed by atoms with Gasteiger partial charge in [-0.3, -0.25) is 9.69 Å². The molecule has 0 bridgehead atoms. The number of hydrogen-bond donors (Lipinski definition) is 1. The van der Waals surface area contributed by atoms with Gasteiger partial charge in [0, 0.05) is 25.4 Å². The third-order valence-electron chi connectivity index (χ3n) is 7.63. The summed E-state index contributed by atoms with van der Waals surface area (Å²) in [5, 5.41) is 12.3. The van der Waals surface area contributed by atoms with Crippen LogP contribution in [0.1, 0.15) is 92.2 Å². The minimum Gasteiger partial charge on any atom is -0.348 e. The quantitative estimate of drug-likeness (QED) is 0.773. The molecule has 1 aromatic carbocycles. The first-order valence-corrected chi connectivity index (χ1v) is 12.7. The summed E-state index contributed by atoms with van der Waals surface area (Å²) < 4.78 is 2.37. The zero-order valence-corrected chi connectivity index (χ0v) is 19.5. The maximum Gasteiger partial charge on any atom is 0.234 e. The molecular formula is C26H37N5O. The largest absolute Gasteiger partial charge is 0.348 e. The number of rotatable bonds is 5. The van der Waals surface area contributed by atoms with E-state index in [9.17, 15) is 4.79 Å². The van der Waals surface area contributed by atoms with Crippen LogP contribution in [0.5, 0.6) is 0 Å². The predicted molar refractivity (Wildman–Crippen MR) is 126 cm³/mol. The lowest BCUT2D eigenvalue weighted by Gasteiger charge is -2.32. The van der Waals surface area contributed by atoms with Crippen molar-refractivity contribution in [2.45, 2.75) is 89.6 Å². The molecule has 2 aromatic rings. The summed E-state index contributed by atoms with van der Waals surface area (Å²) in [5.41, 5.74) is 4.19. The second-order valence-corrected chi connectivity index (χ2v) is 10.0. The van der Waals surface area contributed by atoms with Crippen molar-refractivity contribution in [3.8, 4) is 0 Å². The molecule has 1 fully saturated rings. The van der Waals surface area contributed by atoms with E-state index in [2.05, 4.69) is 50.1 Å². The highest BCUT2D eigenvalue weighted by molar-refractivity contribution is 5.78. The lowest BCUT2D eigenvalue weighted by atomic mass is 9.89. The van der Waals surface area contributed by atoms with Crippen LogP contribution in [0.15, 0.2) is 18.2 Å². The Kier molecular flexibility index (Phi) is 6.58. The van der Waals surface area contributed by atoms with Crippen LogP contribution in [-0.2, 0) is 30.6 Å². The number of hydrogen-bond acceptors (Lipinski definition) is 4. The molecule has 3 heterocycles. The van der Waals surface area contributed by atoms with E-state index in [1.165, 1.54) is 61.6 Å². The summed E-state index contributed by atoms with van der Waals surface area (Å²) in [6, 6.07) is 6.82. The van der Waals surface area contributed by atoms with Crippen LogP contribution in [0.25, 0.3) is 0 Å². The number of piperidine rings is 1. The fourth-order valence-electron chi connectivity index (χ4n) is 5.82. The molecule has 172 valence electrons. The highest BCUT2D eigenvalue weighted by atomic mass is 16.2. The van der Waals surface area contributed by atoms with Crippen molar-refractivity contribution in [3.63, 3.8) is 0 Å². The molecule has 3 aliphatic rings. The van der Waals surface area contributed by atoms with Gasteiger partial charge >= 0.3 is 0 Å². The summed E-state index contributed by atoms with van der Waals surface area (Å²) in [6.07, 6.45) is 12.0. The van der Waals surface area contributed by atoms with E-state index in [-0.39, 0.29) is 11.9 Å². The van der Waals surface area contributed by atoms with E-state index in [4.69, 9.17) is 0 Å². The van der Waals surface area contributed by atoms with Crippen molar-refractivity contribution in [1.29, 1.82) is 0 Å². The topological polar surface area (TPSA) is 63.1 Å². The van der Waals surface area contributed by atoms with E-state index in [1.54, 1.807) is 0 Å². The first-order chi connectivity index (χ1) is 15.7. The van der Waals surface area contributed by atoms with E-state index in [0.717, 1.165) is 50.5 Å². The first kappa shape index (κ1) is 21.6. The third kappa shape index (κ3) is 4.75. The average Bonchev–Trinajstić information content (AvgIpc) is 3.07. The Bertz CT molecular complexity index is 952. The van der Waals surface area contributed by atoms with Crippen LogP contribution in [-0.4, -0.2) is 45.2 Å². The first-order valence-electron chi connectivity index (χ1n) is 12.7. The lowest BCUT2D eigenvalue weighted by molar-refractivity contribution is -0.123. The maximum atomic E-state index is 12.9. The lowest BCUT2D eigenvalue weighted by Crippen LogP contribution is -2.43. The molecule has 0 radical (unpaired) electrons. The molecular weight excluding hydrogens is 398 g/mol. The second-order valence-electron chi connectivity index (χ2n) is 10.0. The van der Waals surface area contributed by atoms with Crippen molar-refractivity contribution < 1.29 is 4.79 Å². The minimum absolute atomic E-state index is 0.0441. The van der Waals surface area contributed by atoms with E-state index in [1.807, 2.05) is 0 Å². The van der Waals surface area contributed by atoms with Gasteiger partial charge in [0.15, 0.2) is 0 Å². The number of aromatic nitrogens is 3. The molecule has 1 aromatic heterocycles. The van der Waals surface area contributed by atoms with E-state index >= 15 is 0 Å². The molecule has 1 N–H and O–H groups in total. The smallest absolute Gasteiger partial charge is 0.234 e. The zero-order chi connectivity index (χ0) is 21.9. The molecule has 2 unspecified atom stereocenters. The monoisotopic (exact) mass is 435 g/mol. The number of aryl methyl sites for hydroxylation is 3. The molecule has 0 spiro atoms. The molecule has 1 saturated heterocycles. The molecule has 1 aliphatic carbocycles. The van der Waals surface area contributed by atoms with Crippen LogP contribution in [0, 0.1) is 0 Å². The van der Waals surface area contributed by atoms with Gasteiger partial charge in [0.05, 0.1) is 12.6 Å². The second kappa shape index (κ2) is 9.74. The van der Waals surface area contributed by atoms with Crippen LogP contribution in [0.2, 0.25) is 0 Å². The van der Waals surface area contributed by atoms with Gasteiger partial charge in [-0.25, -0.2) is 0 Å². The fourth-order valence-corrected chi connectivity index (χ4v) is 5.82. The van der Waals surface area contributed by atoms with Gasteiger partial charge in [0.25, 0.3) is 0 Å². The summed E-state index contributed by atoms with van der Waals surface area (Å²) >= 11 is 0. The van der Waals surface area contributed by atoms with Crippen LogP contribution in [0.4, 0.5) is 0 Å². The van der Waals surface area contributed by atoms with E-state index in [0.29, 0.717) is 12.5 Å². The highest BCUT2D eigenvalue weighted by Crippen LogP contribution is 2.28. The summed E-state index contributed by atoms with van der Waals surface area (Å²) in [7, 11) is 0. The number of nitrogens with one attached hydrogen (secondary N) is 1. The summed E-state index contributed by atoms with van der Waals surface area (Å²) in [6.45, 7) is 5.50. The molecule has 32 heavy (non-hydrogen) atoms. The van der Waals surface area contributed by atoms with Crippen molar-refractivity contribution in [2.75, 3.05) is 19.6 Å². The molecule has 2 atom stereocenters. The Labute approximate surface area is 191 Å². The van der Waals surface area contributed by atoms with E-state index < -0.39 is 0 Å². The number of carbonyl (C=O) groups excluding carboxylic acids is 1. The Morgan fingerprint density at radius 1 is 1.03 bits per heavy atom. The van der Waals surface area contributed by atoms with Gasteiger partial charge < -0.3 is 9.88 Å². The predicted octanol–water partition coefficient (Wildman–Crippen LogP) is 3.94. The van der Waals surface area contributed by atoms with Gasteiger partial charge in [-0.05, 0) is 81.5 Å². The number of benzene rings is 1. The van der Waals surface area contributed by atoms with Crippen molar-refractivity contribution >= 4 is 5.91 Å². The normalized spacial score (nSPS) is 22.5. The third-order valence-corrected chi connectivity index (χ3v) is 7.63. The fraction of sp³-hybridized carbons (Fsp3) is 0.654. The van der Waals surface area contributed by atoms with Crippen LogP contribution in [0.3, 0.4) is 0 Å². The Morgan fingerprint density at radius 2 is 1.88 bits per heavy atom. The van der Waals surface area contributed by atoms with Gasteiger partial charge in [0.1, 0.15) is 11.6 Å². The average molecular weight is 436 g/mol. The summed E-state index contributed by atoms with van der Waals surface area (Å²) in [4.78, 5) is 15.2. The SMILES string of the molecule is CC(NC(=O)CN1CCCC(c2nnc3n2CCCCC3)C1)c1ccc2c(c1)CCCC2. The van der Waals surface area contributed by atoms with Crippen molar-refractivity contribution in [2.24, 2.45) is 0 Å². The van der Waals surface area contributed by atoms with Gasteiger partial charge in [-0.15, -0.1) is 10.2 Å². The molecule has 6 heteroatoms. The van der Waals surface area contributed by atoms with Gasteiger partial charge in [-0.1, -0.05) is 24.6 Å². The minimum atomic E-state index is 0.0441. The van der Waals surface area contributed by atoms with Crippen LogP contribution >= 0.6 is 0 Å². The number of nitrogens with zero attached hydrogens (tertiary/aromatic N) is 4. The highest BCUT2D eigenvalue weighted by Gasteiger charge is 2.28. The maximum absolute atomic E-state index is 12.9. The number of amides is 1. The molecule has 1 amide bonds. The van der Waals surface area contributed by atoms with Gasteiger partial charge in [0.2, 0.25) is 5.91 Å². The number of carbonyl (C=O) groups is 1. The molecule has 2 aliphatic heterocycles. The van der Waals surface area contributed by atoms with Gasteiger partial charge in [-0.2, -0.15) is 0 Å². The number of likely N-dealkylation sites (tertiary alicyclic amines) is 1. The summed E-state index contributed by atoms with van der Waals surface area (Å²) in [5.74, 6) is 2.81. The molecule has 0 saturated carbocycles.